The van der Waals surface area contributed by atoms with Gasteiger partial charge in [0.1, 0.15) is 0 Å². The van der Waals surface area contributed by atoms with Crippen molar-refractivity contribution >= 4 is 18.6 Å². The predicted molar refractivity (Wildman–Crippen MR) is 47.6 cm³/mol. The number of ether oxygens (including phenoxy) is 1. The molecule has 0 amide bonds. The Labute approximate surface area is 73.7 Å². The topological polar surface area (TPSA) is 26.3 Å². The lowest BCUT2D eigenvalue weighted by Gasteiger charge is -2.00. The fourth-order valence-corrected chi connectivity index (χ4v) is 0.978. The molecule has 0 aromatic rings. The van der Waals surface area contributed by atoms with E-state index in [4.69, 9.17) is 17.4 Å². The van der Waals surface area contributed by atoms with Gasteiger partial charge < -0.3 is 4.74 Å². The molecule has 0 aromatic carbocycles. The average Bonchev–Trinajstić information content (AvgIpc) is 1.96. The fourth-order valence-electron chi connectivity index (χ4n) is 0.774. The smallest absolute Gasteiger partial charge is 0.302 e. The first-order valence-electron chi connectivity index (χ1n) is 3.99. The Balaban J connectivity index is 2.85. The summed E-state index contributed by atoms with van der Waals surface area (Å²) < 4.78 is 4.76. The minimum atomic E-state index is -0.187. The van der Waals surface area contributed by atoms with E-state index >= 15 is 0 Å². The maximum atomic E-state index is 10.3. The van der Waals surface area contributed by atoms with Crippen molar-refractivity contribution in [2.75, 3.05) is 12.4 Å². The van der Waals surface area contributed by atoms with Crippen molar-refractivity contribution in [2.24, 2.45) is 0 Å². The van der Waals surface area contributed by atoms with Crippen LogP contribution in [0.2, 0.25) is 0 Å². The summed E-state index contributed by atoms with van der Waals surface area (Å²) in [6.45, 7) is 2.00. The third kappa shape index (κ3) is 9.82. The van der Waals surface area contributed by atoms with E-state index in [2.05, 4.69) is 0 Å². The van der Waals surface area contributed by atoms with E-state index < -0.39 is 0 Å². The second-order valence-electron chi connectivity index (χ2n) is 2.46. The van der Waals surface area contributed by atoms with Gasteiger partial charge in [-0.15, -0.1) is 0 Å². The Morgan fingerprint density at radius 2 is 1.91 bits per heavy atom. The molecule has 0 spiro atoms. The number of unbranched alkanes of at least 4 members (excludes halogenated alkanes) is 3. The highest BCUT2D eigenvalue weighted by Gasteiger charge is 1.92. The molecule has 0 unspecified atom stereocenters. The summed E-state index contributed by atoms with van der Waals surface area (Å²) >= 11 is 4.79. The summed E-state index contributed by atoms with van der Waals surface area (Å²) in [5.41, 5.74) is 0. The Kier molecular flexibility index (Phi) is 7.79. The number of hydrogen-bond donors (Lipinski definition) is 0. The van der Waals surface area contributed by atoms with E-state index in [1.54, 1.807) is 0 Å². The summed E-state index contributed by atoms with van der Waals surface area (Å²) in [6.07, 6.45) is 4.35. The van der Waals surface area contributed by atoms with E-state index in [1.165, 1.54) is 6.92 Å². The molecule has 0 heterocycles. The first-order chi connectivity index (χ1) is 5.27. The van der Waals surface area contributed by atoms with Crippen LogP contribution >= 0.6 is 12.6 Å². The van der Waals surface area contributed by atoms with E-state index in [1.807, 2.05) is 0 Å². The van der Waals surface area contributed by atoms with Crippen molar-refractivity contribution in [3.8, 4) is 0 Å². The van der Waals surface area contributed by atoms with Gasteiger partial charge in [-0.1, -0.05) is 25.5 Å². The zero-order valence-corrected chi connectivity index (χ0v) is 7.78. The zero-order chi connectivity index (χ0) is 8.53. The highest BCUT2D eigenvalue weighted by atomic mass is 32.1. The van der Waals surface area contributed by atoms with Crippen LogP contribution in [-0.4, -0.2) is 18.3 Å². The quantitative estimate of drug-likeness (QED) is 0.457. The normalized spacial score (nSPS) is 9.64. The molecule has 0 aliphatic rings. The molecule has 2 nitrogen and oxygen atoms in total. The lowest BCUT2D eigenvalue weighted by Crippen LogP contribution is -2.00. The molecule has 0 rings (SSSR count). The number of carbonyl (C=O) groups is 1. The van der Waals surface area contributed by atoms with E-state index in [0.717, 1.165) is 31.4 Å². The summed E-state index contributed by atoms with van der Waals surface area (Å²) in [5, 5.41) is 0. The molecule has 0 aliphatic heterocycles. The Hall–Kier alpha value is -0.180. The minimum Gasteiger partial charge on any atom is -0.466 e. The van der Waals surface area contributed by atoms with Crippen molar-refractivity contribution in [2.45, 2.75) is 32.6 Å². The molecule has 0 bridgehead atoms. The lowest BCUT2D eigenvalue weighted by atomic mass is 10.2. The van der Waals surface area contributed by atoms with Crippen LogP contribution in [0, 0.1) is 0 Å². The molecular formula is C8H15O2S. The van der Waals surface area contributed by atoms with E-state index in [0.29, 0.717) is 6.61 Å². The second kappa shape index (κ2) is 7.92. The van der Waals surface area contributed by atoms with Gasteiger partial charge in [-0.25, -0.2) is 0 Å². The third-order valence-corrected chi connectivity index (χ3v) is 1.63. The van der Waals surface area contributed by atoms with Crippen molar-refractivity contribution < 1.29 is 9.53 Å². The van der Waals surface area contributed by atoms with Gasteiger partial charge in [0.05, 0.1) is 6.61 Å². The molecule has 0 atom stereocenters. The number of hydrogen-bond acceptors (Lipinski definition) is 2. The van der Waals surface area contributed by atoms with Crippen LogP contribution in [0.4, 0.5) is 0 Å². The molecule has 1 radical (unpaired) electrons. The predicted octanol–water partition coefficient (Wildman–Crippen LogP) is 2.31. The molecule has 0 aromatic heterocycles. The first-order valence-corrected chi connectivity index (χ1v) is 4.56. The summed E-state index contributed by atoms with van der Waals surface area (Å²) in [4.78, 5) is 10.3. The maximum absolute atomic E-state index is 10.3. The summed E-state index contributed by atoms with van der Waals surface area (Å²) in [5.74, 6) is 0.654. The molecule has 3 heteroatoms. The standard InChI is InChI=1S/C8H15O2S/c1-8(9)10-6-4-2-3-5-7-11/h2-7H2,1H3. The number of rotatable bonds is 6. The lowest BCUT2D eigenvalue weighted by molar-refractivity contribution is -0.141. The van der Waals surface area contributed by atoms with Crippen LogP contribution in [0.1, 0.15) is 32.6 Å². The molecule has 65 valence electrons. The van der Waals surface area contributed by atoms with Gasteiger partial charge in [0.15, 0.2) is 0 Å². The molecule has 11 heavy (non-hydrogen) atoms. The van der Waals surface area contributed by atoms with Crippen LogP contribution in [0.15, 0.2) is 0 Å². The van der Waals surface area contributed by atoms with Crippen LogP contribution in [0.25, 0.3) is 0 Å². The first kappa shape index (κ1) is 10.8. The average molecular weight is 175 g/mol. The molecule has 0 saturated carbocycles. The van der Waals surface area contributed by atoms with Crippen molar-refractivity contribution in [3.63, 3.8) is 0 Å². The third-order valence-electron chi connectivity index (χ3n) is 1.34. The van der Waals surface area contributed by atoms with Gasteiger partial charge in [-0.2, -0.15) is 0 Å². The molecule has 0 aliphatic carbocycles. The summed E-state index contributed by atoms with van der Waals surface area (Å²) in [7, 11) is 0. The molecular weight excluding hydrogens is 160 g/mol. The van der Waals surface area contributed by atoms with Crippen molar-refractivity contribution in [3.05, 3.63) is 0 Å². The van der Waals surface area contributed by atoms with Crippen LogP contribution in [0.5, 0.6) is 0 Å². The van der Waals surface area contributed by atoms with Gasteiger partial charge in [-0.05, 0) is 12.8 Å². The monoisotopic (exact) mass is 175 g/mol. The van der Waals surface area contributed by atoms with Crippen LogP contribution < -0.4 is 0 Å². The number of carbonyl (C=O) groups excluding carboxylic acids is 1. The minimum absolute atomic E-state index is 0.187. The summed E-state index contributed by atoms with van der Waals surface area (Å²) in [6, 6.07) is 0. The van der Waals surface area contributed by atoms with Crippen LogP contribution in [-0.2, 0) is 9.53 Å². The molecule has 0 saturated heterocycles. The Morgan fingerprint density at radius 1 is 1.27 bits per heavy atom. The van der Waals surface area contributed by atoms with Gasteiger partial charge in [0.2, 0.25) is 0 Å². The largest absolute Gasteiger partial charge is 0.466 e. The van der Waals surface area contributed by atoms with Gasteiger partial charge >= 0.3 is 5.97 Å². The number of esters is 1. The van der Waals surface area contributed by atoms with Gasteiger partial charge in [0, 0.05) is 12.7 Å². The van der Waals surface area contributed by atoms with Gasteiger partial charge in [-0.3, -0.25) is 4.79 Å². The van der Waals surface area contributed by atoms with Crippen LogP contribution in [0.3, 0.4) is 0 Å². The zero-order valence-electron chi connectivity index (χ0n) is 6.97. The SMILES string of the molecule is CC(=O)OCCCCCC[S]. The van der Waals surface area contributed by atoms with Gasteiger partial charge in [0.25, 0.3) is 0 Å². The van der Waals surface area contributed by atoms with E-state index in [-0.39, 0.29) is 5.97 Å². The highest BCUT2D eigenvalue weighted by Crippen LogP contribution is 2.00. The van der Waals surface area contributed by atoms with E-state index in [9.17, 15) is 4.79 Å². The Bertz CT molecular complexity index is 104. The van der Waals surface area contributed by atoms with Crippen molar-refractivity contribution in [1.29, 1.82) is 0 Å². The molecule has 0 N–H and O–H groups in total. The highest BCUT2D eigenvalue weighted by molar-refractivity contribution is 7.80. The Morgan fingerprint density at radius 3 is 2.45 bits per heavy atom. The second-order valence-corrected chi connectivity index (χ2v) is 2.87. The van der Waals surface area contributed by atoms with Crippen molar-refractivity contribution in [1.82, 2.24) is 0 Å². The fraction of sp³-hybridized carbons (Fsp3) is 0.875. The maximum Gasteiger partial charge on any atom is 0.302 e. The molecule has 0 fully saturated rings.